The minimum Gasteiger partial charge on any atom is -0.378 e. The number of rotatable bonds is 5. The Kier molecular flexibility index (Phi) is 6.62. The lowest BCUT2D eigenvalue weighted by Crippen LogP contribution is -2.44. The van der Waals surface area contributed by atoms with Gasteiger partial charge in [-0.1, -0.05) is 30.3 Å². The van der Waals surface area contributed by atoms with E-state index >= 15 is 0 Å². The summed E-state index contributed by atoms with van der Waals surface area (Å²) >= 11 is 1.56. The molecule has 2 aliphatic rings. The van der Waals surface area contributed by atoms with Crippen molar-refractivity contribution in [2.24, 2.45) is 0 Å². The van der Waals surface area contributed by atoms with E-state index in [1.165, 1.54) is 5.69 Å². The molecule has 3 aromatic rings. The maximum absolute atomic E-state index is 13.2. The van der Waals surface area contributed by atoms with Crippen LogP contribution in [0.25, 0.3) is 11.1 Å². The number of benzene rings is 2. The number of likely N-dealkylation sites (N-methyl/N-ethyl adjacent to an activating group) is 1. The summed E-state index contributed by atoms with van der Waals surface area (Å²) in [4.78, 5) is 21.0. The third kappa shape index (κ3) is 5.05. The number of hydrogen-bond donors (Lipinski definition) is 1. The molecule has 1 N–H and O–H groups in total. The van der Waals surface area contributed by atoms with Gasteiger partial charge >= 0.3 is 0 Å². The number of hydrogen-bond acceptors (Lipinski definition) is 6. The molecule has 2 saturated heterocycles. The topological polar surface area (TPSA) is 48.0 Å². The Morgan fingerprint density at radius 2 is 1.58 bits per heavy atom. The number of carbonyl (C=O) groups is 1. The van der Waals surface area contributed by atoms with Gasteiger partial charge in [0.05, 0.1) is 23.1 Å². The summed E-state index contributed by atoms with van der Waals surface area (Å²) < 4.78 is 5.54. The van der Waals surface area contributed by atoms with Crippen LogP contribution in [-0.4, -0.2) is 70.3 Å². The monoisotopic (exact) mass is 462 g/mol. The maximum Gasteiger partial charge on any atom is 0.265 e. The molecule has 6 nitrogen and oxygen atoms in total. The zero-order chi connectivity index (χ0) is 22.6. The Labute approximate surface area is 199 Å². The molecule has 0 spiro atoms. The van der Waals surface area contributed by atoms with Crippen molar-refractivity contribution in [3.63, 3.8) is 0 Å². The molecule has 5 rings (SSSR count). The van der Waals surface area contributed by atoms with Crippen LogP contribution in [0.2, 0.25) is 0 Å². The first-order valence-corrected chi connectivity index (χ1v) is 12.4. The van der Waals surface area contributed by atoms with Crippen LogP contribution in [0.4, 0.5) is 16.4 Å². The highest BCUT2D eigenvalue weighted by atomic mass is 32.1. The van der Waals surface area contributed by atoms with Crippen LogP contribution >= 0.6 is 11.3 Å². The van der Waals surface area contributed by atoms with Gasteiger partial charge in [-0.3, -0.25) is 4.79 Å². The number of thiophene rings is 1. The third-order valence-corrected chi connectivity index (χ3v) is 7.51. The SMILES string of the molecule is CN1CCN(c2ccc(NC(=O)c3cc(-c4ccccc4)c(N4CCOCC4)s3)cc2)CC1. The number of nitrogens with zero attached hydrogens (tertiary/aromatic N) is 3. The number of carbonyl (C=O) groups excluding carboxylic acids is 1. The molecule has 3 heterocycles. The van der Waals surface area contributed by atoms with Gasteiger partial charge in [-0.05, 0) is 42.9 Å². The number of nitrogens with one attached hydrogen (secondary N) is 1. The first-order valence-electron chi connectivity index (χ1n) is 11.5. The fourth-order valence-corrected chi connectivity index (χ4v) is 5.46. The molecular formula is C26H30N4O2S. The minimum absolute atomic E-state index is 0.0657. The predicted molar refractivity (Wildman–Crippen MR) is 137 cm³/mol. The lowest BCUT2D eigenvalue weighted by molar-refractivity contribution is 0.103. The van der Waals surface area contributed by atoms with Crippen molar-refractivity contribution in [1.29, 1.82) is 0 Å². The molecule has 1 amide bonds. The van der Waals surface area contributed by atoms with Gasteiger partial charge < -0.3 is 24.8 Å². The standard InChI is InChI=1S/C26H30N4O2S/c1-28-11-13-29(14-12-28)22-9-7-21(8-10-22)27-25(31)24-19-23(20-5-3-2-4-6-20)26(33-24)30-15-17-32-18-16-30/h2-10,19H,11-18H2,1H3,(H,27,31). The molecule has 7 heteroatoms. The van der Waals surface area contributed by atoms with Crippen LogP contribution < -0.4 is 15.1 Å². The highest BCUT2D eigenvalue weighted by Gasteiger charge is 2.22. The van der Waals surface area contributed by atoms with Gasteiger partial charge in [0.1, 0.15) is 0 Å². The van der Waals surface area contributed by atoms with Crippen LogP contribution in [0.5, 0.6) is 0 Å². The Bertz CT molecular complexity index is 1070. The number of amides is 1. The molecule has 2 aromatic carbocycles. The van der Waals surface area contributed by atoms with Crippen LogP contribution in [0.3, 0.4) is 0 Å². The highest BCUT2D eigenvalue weighted by molar-refractivity contribution is 7.18. The molecule has 0 unspecified atom stereocenters. The Morgan fingerprint density at radius 3 is 2.27 bits per heavy atom. The van der Waals surface area contributed by atoms with Crippen LogP contribution in [0, 0.1) is 0 Å². The number of ether oxygens (including phenoxy) is 1. The van der Waals surface area contributed by atoms with Crippen LogP contribution in [0.1, 0.15) is 9.67 Å². The van der Waals surface area contributed by atoms with E-state index in [1.54, 1.807) is 11.3 Å². The van der Waals surface area contributed by atoms with Gasteiger partial charge in [-0.25, -0.2) is 0 Å². The third-order valence-electron chi connectivity index (χ3n) is 6.31. The number of piperazine rings is 1. The van der Waals surface area contributed by atoms with Gasteiger partial charge in [-0.2, -0.15) is 0 Å². The maximum atomic E-state index is 13.2. The minimum atomic E-state index is -0.0657. The van der Waals surface area contributed by atoms with Crippen LogP contribution in [-0.2, 0) is 4.74 Å². The average molecular weight is 463 g/mol. The summed E-state index contributed by atoms with van der Waals surface area (Å²) in [5.41, 5.74) is 4.27. The summed E-state index contributed by atoms with van der Waals surface area (Å²) in [5.74, 6) is -0.0657. The van der Waals surface area contributed by atoms with Gasteiger partial charge in [0, 0.05) is 56.2 Å². The fourth-order valence-electron chi connectivity index (χ4n) is 4.33. The van der Waals surface area contributed by atoms with E-state index in [-0.39, 0.29) is 5.91 Å². The van der Waals surface area contributed by atoms with Gasteiger partial charge in [0.2, 0.25) is 0 Å². The summed E-state index contributed by atoms with van der Waals surface area (Å²) in [7, 11) is 2.16. The summed E-state index contributed by atoms with van der Waals surface area (Å²) in [6, 6.07) is 20.5. The van der Waals surface area contributed by atoms with E-state index in [1.807, 2.05) is 36.4 Å². The van der Waals surface area contributed by atoms with Gasteiger partial charge in [0.15, 0.2) is 0 Å². The van der Waals surface area contributed by atoms with Crippen molar-refractivity contribution in [3.05, 3.63) is 65.5 Å². The Balaban J connectivity index is 1.33. The summed E-state index contributed by atoms with van der Waals surface area (Å²) in [5, 5.41) is 4.23. The second-order valence-electron chi connectivity index (χ2n) is 8.59. The second kappa shape index (κ2) is 9.95. The second-order valence-corrected chi connectivity index (χ2v) is 9.62. The quantitative estimate of drug-likeness (QED) is 0.614. The van der Waals surface area contributed by atoms with Crippen molar-refractivity contribution >= 4 is 33.6 Å². The van der Waals surface area contributed by atoms with Crippen molar-refractivity contribution in [2.75, 3.05) is 74.6 Å². The van der Waals surface area contributed by atoms with E-state index in [9.17, 15) is 4.79 Å². The van der Waals surface area contributed by atoms with E-state index in [0.29, 0.717) is 13.2 Å². The molecule has 1 aromatic heterocycles. The average Bonchev–Trinajstić information content (AvgIpc) is 3.32. The van der Waals surface area contributed by atoms with Crippen LogP contribution in [0.15, 0.2) is 60.7 Å². The van der Waals surface area contributed by atoms with Gasteiger partial charge in [-0.15, -0.1) is 11.3 Å². The zero-order valence-corrected chi connectivity index (χ0v) is 19.8. The predicted octanol–water partition coefficient (Wildman–Crippen LogP) is 4.26. The molecule has 0 aliphatic carbocycles. The Morgan fingerprint density at radius 1 is 0.879 bits per heavy atom. The number of anilines is 3. The van der Waals surface area contributed by atoms with E-state index in [4.69, 9.17) is 4.74 Å². The molecule has 2 fully saturated rings. The molecule has 0 bridgehead atoms. The highest BCUT2D eigenvalue weighted by Crippen LogP contribution is 2.39. The summed E-state index contributed by atoms with van der Waals surface area (Å²) in [6.45, 7) is 7.33. The van der Waals surface area contributed by atoms with Crippen molar-refractivity contribution < 1.29 is 9.53 Å². The zero-order valence-electron chi connectivity index (χ0n) is 19.0. The normalized spacial score (nSPS) is 17.2. The first kappa shape index (κ1) is 21.9. The molecule has 33 heavy (non-hydrogen) atoms. The molecule has 0 atom stereocenters. The number of morpholine rings is 1. The van der Waals surface area contributed by atoms with Crippen molar-refractivity contribution in [1.82, 2.24) is 4.90 Å². The van der Waals surface area contributed by atoms with E-state index < -0.39 is 0 Å². The van der Waals surface area contributed by atoms with E-state index in [2.05, 4.69) is 51.3 Å². The van der Waals surface area contributed by atoms with Crippen molar-refractivity contribution in [3.8, 4) is 11.1 Å². The molecular weight excluding hydrogens is 432 g/mol. The molecule has 0 radical (unpaired) electrons. The lowest BCUT2D eigenvalue weighted by atomic mass is 10.1. The largest absolute Gasteiger partial charge is 0.378 e. The van der Waals surface area contributed by atoms with E-state index in [0.717, 1.165) is 66.0 Å². The molecule has 0 saturated carbocycles. The summed E-state index contributed by atoms with van der Waals surface area (Å²) in [6.07, 6.45) is 0. The fraction of sp³-hybridized carbons (Fsp3) is 0.346. The molecule has 172 valence electrons. The molecule has 2 aliphatic heterocycles. The smallest absolute Gasteiger partial charge is 0.265 e. The van der Waals surface area contributed by atoms with Crippen molar-refractivity contribution in [2.45, 2.75) is 0 Å². The first-order chi connectivity index (χ1) is 16.2. The lowest BCUT2D eigenvalue weighted by Gasteiger charge is -2.34. The van der Waals surface area contributed by atoms with Gasteiger partial charge in [0.25, 0.3) is 5.91 Å². The Hall–Kier alpha value is -2.87.